The van der Waals surface area contributed by atoms with Gasteiger partial charge in [0.05, 0.1) is 0 Å². The van der Waals surface area contributed by atoms with Gasteiger partial charge in [0.25, 0.3) is 0 Å². The average molecular weight is 227 g/mol. The summed E-state index contributed by atoms with van der Waals surface area (Å²) in [6, 6.07) is 6.99. The lowest BCUT2D eigenvalue weighted by atomic mass is 10.1. The third kappa shape index (κ3) is 5.23. The zero-order valence-electron chi connectivity index (χ0n) is 9.12. The Balaban J connectivity index is 0.000000921. The Bertz CT molecular complexity index is 339. The summed E-state index contributed by atoms with van der Waals surface area (Å²) in [5.74, 6) is -0.907. The molecule has 0 aliphatic rings. The first kappa shape index (κ1) is 13.7. The smallest absolute Gasteiger partial charge is 0.331 e. The molecule has 0 fully saturated rings. The van der Waals surface area contributed by atoms with Crippen LogP contribution in [0.1, 0.15) is 26.3 Å². The highest BCUT2D eigenvalue weighted by Gasteiger charge is 1.98. The van der Waals surface area contributed by atoms with Crippen molar-refractivity contribution in [2.75, 3.05) is 0 Å². The van der Waals surface area contributed by atoms with Gasteiger partial charge in [0, 0.05) is 10.6 Å². The van der Waals surface area contributed by atoms with Crippen molar-refractivity contribution in [3.8, 4) is 0 Å². The predicted molar refractivity (Wildman–Crippen MR) is 64.1 cm³/mol. The Hall–Kier alpha value is -1.28. The number of carbonyl (C=O) groups is 1. The second-order valence-electron chi connectivity index (χ2n) is 2.68. The summed E-state index contributed by atoms with van der Waals surface area (Å²) in [6.07, 6.45) is 1.60. The van der Waals surface area contributed by atoms with E-state index in [-0.39, 0.29) is 0 Å². The normalized spacial score (nSPS) is 10.3. The molecule has 0 unspecified atom stereocenters. The van der Waals surface area contributed by atoms with Crippen molar-refractivity contribution in [3.63, 3.8) is 0 Å². The fourth-order valence-corrected chi connectivity index (χ4v) is 0.997. The molecule has 0 amide bonds. The Morgan fingerprint density at radius 2 is 1.73 bits per heavy atom. The minimum Gasteiger partial charge on any atom is -0.478 e. The molecule has 0 saturated heterocycles. The Morgan fingerprint density at radius 3 is 2.13 bits per heavy atom. The molecule has 15 heavy (non-hydrogen) atoms. The van der Waals surface area contributed by atoms with E-state index >= 15 is 0 Å². The molecule has 0 atom stereocenters. The summed E-state index contributed by atoms with van der Waals surface area (Å²) in [6.45, 7) is 5.55. The Morgan fingerprint density at radius 1 is 1.27 bits per heavy atom. The number of halogens is 1. The average Bonchev–Trinajstić information content (AvgIpc) is 2.24. The molecule has 1 N–H and O–H groups in total. The molecule has 1 aromatic rings. The van der Waals surface area contributed by atoms with Gasteiger partial charge in [-0.05, 0) is 30.7 Å². The van der Waals surface area contributed by atoms with E-state index in [0.29, 0.717) is 10.6 Å². The molecule has 0 bridgehead atoms. The molecule has 0 aromatic heterocycles. The lowest BCUT2D eigenvalue weighted by Crippen LogP contribution is -1.95. The van der Waals surface area contributed by atoms with Crippen molar-refractivity contribution in [1.29, 1.82) is 0 Å². The van der Waals surface area contributed by atoms with Gasteiger partial charge in [-0.15, -0.1) is 0 Å². The largest absolute Gasteiger partial charge is 0.478 e. The van der Waals surface area contributed by atoms with E-state index < -0.39 is 5.97 Å². The van der Waals surface area contributed by atoms with Crippen molar-refractivity contribution < 1.29 is 9.90 Å². The van der Waals surface area contributed by atoms with Crippen LogP contribution in [0.5, 0.6) is 0 Å². The van der Waals surface area contributed by atoms with E-state index in [9.17, 15) is 4.79 Å². The number of rotatable bonds is 2. The summed E-state index contributed by atoms with van der Waals surface area (Å²) in [5, 5.41) is 9.25. The summed E-state index contributed by atoms with van der Waals surface area (Å²) >= 11 is 5.67. The second kappa shape index (κ2) is 7.07. The molecule has 0 aliphatic carbocycles. The first-order valence-electron chi connectivity index (χ1n) is 4.77. The number of aliphatic carboxylic acids is 1. The summed E-state index contributed by atoms with van der Waals surface area (Å²) < 4.78 is 0. The maximum atomic E-state index is 10.5. The van der Waals surface area contributed by atoms with E-state index in [2.05, 4.69) is 0 Å². The maximum absolute atomic E-state index is 10.5. The Labute approximate surface area is 95.2 Å². The van der Waals surface area contributed by atoms with E-state index in [1.807, 2.05) is 13.8 Å². The van der Waals surface area contributed by atoms with Crippen LogP contribution in [-0.2, 0) is 4.79 Å². The quantitative estimate of drug-likeness (QED) is 0.778. The van der Waals surface area contributed by atoms with E-state index in [1.54, 1.807) is 37.3 Å². The van der Waals surface area contributed by atoms with Crippen LogP contribution in [-0.4, -0.2) is 11.1 Å². The first-order valence-corrected chi connectivity index (χ1v) is 5.14. The SMILES string of the molecule is C/C(=C\c1ccc(Cl)cc1)C(=O)O.CC. The molecule has 3 heteroatoms. The molecule has 0 spiro atoms. The summed E-state index contributed by atoms with van der Waals surface area (Å²) in [5.41, 5.74) is 1.15. The molecular weight excluding hydrogens is 212 g/mol. The van der Waals surface area contributed by atoms with Crippen LogP contribution < -0.4 is 0 Å². The molecule has 0 radical (unpaired) electrons. The van der Waals surface area contributed by atoms with Gasteiger partial charge in [0.15, 0.2) is 0 Å². The monoisotopic (exact) mass is 226 g/mol. The number of hydrogen-bond acceptors (Lipinski definition) is 1. The van der Waals surface area contributed by atoms with Gasteiger partial charge in [0.2, 0.25) is 0 Å². The minimum atomic E-state index is -0.907. The first-order chi connectivity index (χ1) is 7.09. The van der Waals surface area contributed by atoms with Crippen LogP contribution in [0.25, 0.3) is 6.08 Å². The lowest BCUT2D eigenvalue weighted by Gasteiger charge is -1.95. The minimum absolute atomic E-state index is 0.308. The van der Waals surface area contributed by atoms with E-state index in [4.69, 9.17) is 16.7 Å². The molecule has 1 aromatic carbocycles. The number of benzene rings is 1. The van der Waals surface area contributed by atoms with Crippen LogP contribution in [0, 0.1) is 0 Å². The number of carboxylic acids is 1. The summed E-state index contributed by atoms with van der Waals surface area (Å²) in [4.78, 5) is 10.5. The second-order valence-corrected chi connectivity index (χ2v) is 3.12. The van der Waals surface area contributed by atoms with E-state index in [1.165, 1.54) is 0 Å². The third-order valence-corrected chi connectivity index (χ3v) is 1.84. The van der Waals surface area contributed by atoms with Crippen molar-refractivity contribution in [2.24, 2.45) is 0 Å². The fraction of sp³-hybridized carbons (Fsp3) is 0.250. The molecular formula is C12H15ClO2. The Kier molecular flexibility index (Phi) is 6.47. The molecule has 2 nitrogen and oxygen atoms in total. The highest BCUT2D eigenvalue weighted by molar-refractivity contribution is 6.30. The predicted octanol–water partition coefficient (Wildman–Crippen LogP) is 3.85. The zero-order chi connectivity index (χ0) is 11.8. The summed E-state index contributed by atoms with van der Waals surface area (Å²) in [7, 11) is 0. The van der Waals surface area contributed by atoms with Gasteiger partial charge in [0.1, 0.15) is 0 Å². The third-order valence-electron chi connectivity index (χ3n) is 1.59. The lowest BCUT2D eigenvalue weighted by molar-refractivity contribution is -0.132. The zero-order valence-corrected chi connectivity index (χ0v) is 9.88. The molecule has 0 heterocycles. The van der Waals surface area contributed by atoms with Gasteiger partial charge in [-0.1, -0.05) is 37.6 Å². The van der Waals surface area contributed by atoms with Gasteiger partial charge in [-0.3, -0.25) is 0 Å². The number of hydrogen-bond donors (Lipinski definition) is 1. The molecule has 82 valence electrons. The standard InChI is InChI=1S/C10H9ClO2.C2H6/c1-7(10(12)13)6-8-2-4-9(11)5-3-8;1-2/h2-6H,1H3,(H,12,13);1-2H3/b7-6+;. The van der Waals surface area contributed by atoms with E-state index in [0.717, 1.165) is 5.56 Å². The van der Waals surface area contributed by atoms with Crippen molar-refractivity contribution in [1.82, 2.24) is 0 Å². The van der Waals surface area contributed by atoms with Gasteiger partial charge >= 0.3 is 5.97 Å². The van der Waals surface area contributed by atoms with Crippen LogP contribution in [0.3, 0.4) is 0 Å². The van der Waals surface area contributed by atoms with Crippen LogP contribution in [0.2, 0.25) is 5.02 Å². The molecule has 0 aliphatic heterocycles. The van der Waals surface area contributed by atoms with Gasteiger partial charge in [-0.2, -0.15) is 0 Å². The molecule has 0 saturated carbocycles. The van der Waals surface area contributed by atoms with Crippen LogP contribution in [0.4, 0.5) is 0 Å². The van der Waals surface area contributed by atoms with Crippen molar-refractivity contribution >= 4 is 23.6 Å². The van der Waals surface area contributed by atoms with Gasteiger partial charge < -0.3 is 5.11 Å². The van der Waals surface area contributed by atoms with Crippen molar-refractivity contribution in [3.05, 3.63) is 40.4 Å². The van der Waals surface area contributed by atoms with Crippen LogP contribution >= 0.6 is 11.6 Å². The number of carboxylic acid groups (broad SMARTS) is 1. The van der Waals surface area contributed by atoms with Crippen LogP contribution in [0.15, 0.2) is 29.8 Å². The fourth-order valence-electron chi connectivity index (χ4n) is 0.871. The van der Waals surface area contributed by atoms with Gasteiger partial charge in [-0.25, -0.2) is 4.79 Å². The maximum Gasteiger partial charge on any atom is 0.331 e. The highest BCUT2D eigenvalue weighted by atomic mass is 35.5. The highest BCUT2D eigenvalue weighted by Crippen LogP contribution is 2.12. The van der Waals surface area contributed by atoms with Crippen molar-refractivity contribution in [2.45, 2.75) is 20.8 Å². The topological polar surface area (TPSA) is 37.3 Å². The molecule has 1 rings (SSSR count).